The number of fused-ring (bicyclic) bond motifs is 1. The van der Waals surface area contributed by atoms with Crippen molar-refractivity contribution in [2.75, 3.05) is 13.1 Å². The number of nitrogens with zero attached hydrogens (tertiary/aromatic N) is 3. The lowest BCUT2D eigenvalue weighted by atomic mass is 9.91. The number of carboxylic acid groups (broad SMARTS) is 1. The molecule has 2 aromatic heterocycles. The quantitative estimate of drug-likeness (QED) is 0.861. The van der Waals surface area contributed by atoms with Crippen LogP contribution in [0.3, 0.4) is 0 Å². The summed E-state index contributed by atoms with van der Waals surface area (Å²) in [4.78, 5) is 23.3. The summed E-state index contributed by atoms with van der Waals surface area (Å²) in [6, 6.07) is 4.17. The van der Waals surface area contributed by atoms with E-state index in [0.29, 0.717) is 0 Å². The molecule has 4 rings (SSSR count). The molecule has 0 unspecified atom stereocenters. The Balaban J connectivity index is 1.48. The van der Waals surface area contributed by atoms with Crippen molar-refractivity contribution >= 4 is 17.5 Å². The second kappa shape index (κ2) is 6.49. The number of thiazole rings is 1. The molecule has 0 bridgehead atoms. The highest BCUT2D eigenvalue weighted by Gasteiger charge is 2.27. The van der Waals surface area contributed by atoms with Gasteiger partial charge >= 0.3 is 6.16 Å². The average Bonchev–Trinajstić information content (AvgIpc) is 2.82. The van der Waals surface area contributed by atoms with Gasteiger partial charge in [0.2, 0.25) is 5.88 Å². The van der Waals surface area contributed by atoms with Crippen LogP contribution in [0.5, 0.6) is 5.88 Å². The van der Waals surface area contributed by atoms with Crippen LogP contribution in [0.4, 0.5) is 4.79 Å². The summed E-state index contributed by atoms with van der Waals surface area (Å²) in [5.41, 5.74) is 2.12. The molecule has 6 nitrogen and oxygen atoms in total. The molecule has 1 saturated carbocycles. The Labute approximate surface area is 144 Å². The molecular weight excluding hydrogens is 326 g/mol. The van der Waals surface area contributed by atoms with Gasteiger partial charge < -0.3 is 9.84 Å². The lowest BCUT2D eigenvalue weighted by Gasteiger charge is -2.36. The third-order valence-corrected chi connectivity index (χ3v) is 6.01. The van der Waals surface area contributed by atoms with Crippen LogP contribution in [0, 0.1) is 0 Å². The van der Waals surface area contributed by atoms with Gasteiger partial charge in [-0.2, -0.15) is 0 Å². The average molecular weight is 345 g/mol. The molecular formula is C17H19N3O3S. The number of hydrogen-bond acceptors (Lipinski definition) is 6. The molecule has 3 heterocycles. The van der Waals surface area contributed by atoms with Crippen molar-refractivity contribution in [1.82, 2.24) is 14.9 Å². The summed E-state index contributed by atoms with van der Waals surface area (Å²) in [5, 5.41) is 9.55. The zero-order chi connectivity index (χ0) is 16.5. The van der Waals surface area contributed by atoms with E-state index in [4.69, 9.17) is 10.1 Å². The van der Waals surface area contributed by atoms with Crippen molar-refractivity contribution in [2.24, 2.45) is 0 Å². The second-order valence-corrected chi connectivity index (χ2v) is 7.35. The molecule has 1 N–H and O–H groups in total. The fraction of sp³-hybridized carbons (Fsp3) is 0.471. The molecule has 0 saturated heterocycles. The number of rotatable bonds is 3. The van der Waals surface area contributed by atoms with Gasteiger partial charge in [0.05, 0.1) is 5.69 Å². The highest BCUT2D eigenvalue weighted by molar-refractivity contribution is 7.15. The number of aromatic nitrogens is 2. The summed E-state index contributed by atoms with van der Waals surface area (Å²) in [6.45, 7) is 2.23. The van der Waals surface area contributed by atoms with E-state index in [1.165, 1.54) is 29.8 Å². The molecule has 0 spiro atoms. The minimum absolute atomic E-state index is 0.0838. The van der Waals surface area contributed by atoms with Gasteiger partial charge in [0.15, 0.2) is 0 Å². The first kappa shape index (κ1) is 15.5. The smallest absolute Gasteiger partial charge is 0.449 e. The largest absolute Gasteiger partial charge is 0.512 e. The Bertz CT molecular complexity index is 715. The molecule has 0 amide bonds. The van der Waals surface area contributed by atoms with Crippen molar-refractivity contribution < 1.29 is 14.6 Å². The molecule has 1 aliphatic carbocycles. The van der Waals surface area contributed by atoms with Crippen molar-refractivity contribution in [3.05, 3.63) is 28.9 Å². The topological polar surface area (TPSA) is 75.6 Å². The second-order valence-electron chi connectivity index (χ2n) is 6.26. The van der Waals surface area contributed by atoms with Crippen LogP contribution in [-0.4, -0.2) is 45.3 Å². The van der Waals surface area contributed by atoms with Crippen LogP contribution in [0.15, 0.2) is 18.3 Å². The number of carbonyl (C=O) groups is 1. The number of pyridine rings is 1. The third kappa shape index (κ3) is 3.14. The standard InChI is InChI=1S/C17H19N3O3S/c21-17(22)23-15-5-4-11(10-18-15)16-19-13-6-8-20(12-2-1-3-12)9-7-14(13)24-16/h4-5,10,12H,1-3,6-9H2,(H,21,22). The summed E-state index contributed by atoms with van der Waals surface area (Å²) in [6.07, 6.45) is 6.42. The van der Waals surface area contributed by atoms with Gasteiger partial charge in [0.25, 0.3) is 0 Å². The highest BCUT2D eigenvalue weighted by atomic mass is 32.1. The fourth-order valence-corrected chi connectivity index (χ4v) is 4.36. The van der Waals surface area contributed by atoms with E-state index in [1.807, 2.05) is 6.07 Å². The molecule has 7 heteroatoms. The fourth-order valence-electron chi connectivity index (χ4n) is 3.28. The Hall–Kier alpha value is -1.99. The maximum absolute atomic E-state index is 10.5. The van der Waals surface area contributed by atoms with Crippen LogP contribution < -0.4 is 4.74 Å². The van der Waals surface area contributed by atoms with Gasteiger partial charge in [-0.05, 0) is 25.3 Å². The zero-order valence-electron chi connectivity index (χ0n) is 13.3. The molecule has 24 heavy (non-hydrogen) atoms. The van der Waals surface area contributed by atoms with E-state index in [9.17, 15) is 4.79 Å². The first-order valence-corrected chi connectivity index (χ1v) is 9.10. The predicted octanol–water partition coefficient (Wildman–Crippen LogP) is 3.22. The lowest BCUT2D eigenvalue weighted by molar-refractivity contribution is 0.133. The minimum Gasteiger partial charge on any atom is -0.449 e. The molecule has 1 aliphatic heterocycles. The number of hydrogen-bond donors (Lipinski definition) is 1. The first-order valence-electron chi connectivity index (χ1n) is 8.29. The Morgan fingerprint density at radius 1 is 1.29 bits per heavy atom. The third-order valence-electron chi connectivity index (χ3n) is 4.81. The van der Waals surface area contributed by atoms with Gasteiger partial charge in [-0.3, -0.25) is 4.90 Å². The van der Waals surface area contributed by atoms with E-state index >= 15 is 0 Å². The van der Waals surface area contributed by atoms with E-state index in [0.717, 1.165) is 42.5 Å². The predicted molar refractivity (Wildman–Crippen MR) is 90.6 cm³/mol. The van der Waals surface area contributed by atoms with E-state index in [1.54, 1.807) is 23.6 Å². The number of ether oxygens (including phenoxy) is 1. The van der Waals surface area contributed by atoms with Gasteiger partial charge in [-0.1, -0.05) is 6.42 Å². The van der Waals surface area contributed by atoms with Crippen molar-refractivity contribution in [3.63, 3.8) is 0 Å². The molecule has 2 aromatic rings. The molecule has 0 atom stereocenters. The van der Waals surface area contributed by atoms with Crippen LogP contribution in [-0.2, 0) is 12.8 Å². The maximum atomic E-state index is 10.5. The van der Waals surface area contributed by atoms with Crippen molar-refractivity contribution in [1.29, 1.82) is 0 Å². The molecule has 1 fully saturated rings. The van der Waals surface area contributed by atoms with Gasteiger partial charge in [0.1, 0.15) is 5.01 Å². The van der Waals surface area contributed by atoms with Gasteiger partial charge in [-0.25, -0.2) is 14.8 Å². The maximum Gasteiger partial charge on any atom is 0.512 e. The van der Waals surface area contributed by atoms with Crippen molar-refractivity contribution in [2.45, 2.75) is 38.1 Å². The van der Waals surface area contributed by atoms with Gasteiger partial charge in [0, 0.05) is 48.3 Å². The highest BCUT2D eigenvalue weighted by Crippen LogP contribution is 2.32. The Kier molecular flexibility index (Phi) is 4.20. The van der Waals surface area contributed by atoms with Crippen LogP contribution in [0.1, 0.15) is 29.8 Å². The van der Waals surface area contributed by atoms with Crippen LogP contribution >= 0.6 is 11.3 Å². The molecule has 126 valence electrons. The SMILES string of the molecule is O=C(O)Oc1ccc(-c2nc3c(s2)CCN(C2CCC2)CC3)cn1. The van der Waals surface area contributed by atoms with Gasteiger partial charge in [-0.15, -0.1) is 11.3 Å². The monoisotopic (exact) mass is 345 g/mol. The zero-order valence-corrected chi connectivity index (χ0v) is 14.1. The Morgan fingerprint density at radius 3 is 2.79 bits per heavy atom. The van der Waals surface area contributed by atoms with E-state index < -0.39 is 6.16 Å². The Morgan fingerprint density at radius 2 is 2.12 bits per heavy atom. The molecule has 0 radical (unpaired) electrons. The molecule has 0 aromatic carbocycles. The first-order chi connectivity index (χ1) is 11.7. The van der Waals surface area contributed by atoms with Crippen molar-refractivity contribution in [3.8, 4) is 16.5 Å². The van der Waals surface area contributed by atoms with E-state index in [2.05, 4.69) is 14.6 Å². The molecule has 2 aliphatic rings. The van der Waals surface area contributed by atoms with E-state index in [-0.39, 0.29) is 5.88 Å². The van der Waals surface area contributed by atoms with Crippen LogP contribution in [0.25, 0.3) is 10.6 Å². The minimum atomic E-state index is -1.35. The summed E-state index contributed by atoms with van der Waals surface area (Å²) >= 11 is 1.73. The summed E-state index contributed by atoms with van der Waals surface area (Å²) < 4.78 is 4.54. The lowest BCUT2D eigenvalue weighted by Crippen LogP contribution is -2.41. The summed E-state index contributed by atoms with van der Waals surface area (Å²) in [5.74, 6) is 0.0838. The normalized spacial score (nSPS) is 18.5. The summed E-state index contributed by atoms with van der Waals surface area (Å²) in [7, 11) is 0. The van der Waals surface area contributed by atoms with Crippen LogP contribution in [0.2, 0.25) is 0 Å².